The van der Waals surface area contributed by atoms with Crippen molar-refractivity contribution in [1.29, 1.82) is 0 Å². The van der Waals surface area contributed by atoms with Crippen LogP contribution in [0.15, 0.2) is 12.1 Å². The first-order chi connectivity index (χ1) is 8.47. The zero-order chi connectivity index (χ0) is 13.3. The molecule has 1 saturated carbocycles. The van der Waals surface area contributed by atoms with Crippen molar-refractivity contribution in [3.63, 3.8) is 0 Å². The molecule has 18 heavy (non-hydrogen) atoms. The van der Waals surface area contributed by atoms with Crippen LogP contribution in [-0.4, -0.2) is 11.5 Å². The lowest BCUT2D eigenvalue weighted by Gasteiger charge is -2.16. The van der Waals surface area contributed by atoms with E-state index in [9.17, 15) is 10.1 Å². The first-order valence-electron chi connectivity index (χ1n) is 6.16. The lowest BCUT2D eigenvalue weighted by atomic mass is 10.0. The van der Waals surface area contributed by atoms with Crippen LogP contribution in [0, 0.1) is 22.5 Å². The summed E-state index contributed by atoms with van der Waals surface area (Å²) in [6.45, 7) is 4.97. The summed E-state index contributed by atoms with van der Waals surface area (Å²) in [5.74, 6) is 0. The highest BCUT2D eigenvalue weighted by molar-refractivity contribution is 6.33. The van der Waals surface area contributed by atoms with E-state index >= 15 is 0 Å². The molecule has 1 fully saturated rings. The molecule has 0 unspecified atom stereocenters. The Morgan fingerprint density at radius 3 is 2.67 bits per heavy atom. The lowest BCUT2D eigenvalue weighted by molar-refractivity contribution is -0.384. The summed E-state index contributed by atoms with van der Waals surface area (Å²) < 4.78 is 0. The summed E-state index contributed by atoms with van der Waals surface area (Å²) in [6, 6.07) is 3.18. The van der Waals surface area contributed by atoms with Gasteiger partial charge in [-0.25, -0.2) is 0 Å². The minimum absolute atomic E-state index is 0.0312. The van der Waals surface area contributed by atoms with Gasteiger partial charge in [-0.05, 0) is 43.2 Å². The fourth-order valence-corrected chi connectivity index (χ4v) is 2.34. The van der Waals surface area contributed by atoms with Gasteiger partial charge in [0.15, 0.2) is 0 Å². The molecule has 4 nitrogen and oxygen atoms in total. The Morgan fingerprint density at radius 1 is 1.50 bits per heavy atom. The molecule has 1 aromatic rings. The third-order valence-electron chi connectivity index (χ3n) is 3.85. The number of nitrogens with zero attached hydrogens (tertiary/aromatic N) is 1. The molecular weight excluding hydrogens is 252 g/mol. The molecule has 0 bridgehead atoms. The Hall–Kier alpha value is -1.29. The van der Waals surface area contributed by atoms with E-state index in [4.69, 9.17) is 11.6 Å². The molecule has 0 heterocycles. The van der Waals surface area contributed by atoms with Gasteiger partial charge in [-0.2, -0.15) is 0 Å². The lowest BCUT2D eigenvalue weighted by Crippen LogP contribution is -2.15. The molecule has 1 aliphatic rings. The van der Waals surface area contributed by atoms with Gasteiger partial charge in [0.1, 0.15) is 5.02 Å². The summed E-state index contributed by atoms with van der Waals surface area (Å²) in [7, 11) is 0. The molecule has 2 rings (SSSR count). The molecule has 0 atom stereocenters. The Bertz CT molecular complexity index is 484. The molecule has 0 aliphatic heterocycles. The summed E-state index contributed by atoms with van der Waals surface area (Å²) in [5.41, 5.74) is 2.15. The normalized spacial score (nSPS) is 16.4. The number of hydrogen-bond acceptors (Lipinski definition) is 3. The van der Waals surface area contributed by atoms with Gasteiger partial charge in [-0.1, -0.05) is 18.5 Å². The maximum Gasteiger partial charge on any atom is 0.288 e. The summed E-state index contributed by atoms with van der Waals surface area (Å²) >= 11 is 5.91. The van der Waals surface area contributed by atoms with E-state index in [1.807, 2.05) is 6.92 Å². The van der Waals surface area contributed by atoms with Gasteiger partial charge >= 0.3 is 0 Å². The van der Waals surface area contributed by atoms with Crippen molar-refractivity contribution in [3.8, 4) is 0 Å². The van der Waals surface area contributed by atoms with Crippen LogP contribution in [0.25, 0.3) is 0 Å². The standard InChI is InChI=1S/C13H17ClN2O2/c1-3-13(4-5-13)8-15-11-7-10(14)12(16(17)18)6-9(11)2/h6-7,15H,3-5,8H2,1-2H3. The van der Waals surface area contributed by atoms with Crippen molar-refractivity contribution in [1.82, 2.24) is 0 Å². The highest BCUT2D eigenvalue weighted by atomic mass is 35.5. The number of halogens is 1. The van der Waals surface area contributed by atoms with Crippen molar-refractivity contribution in [2.75, 3.05) is 11.9 Å². The Labute approximate surface area is 111 Å². The van der Waals surface area contributed by atoms with Crippen LogP contribution in [0.5, 0.6) is 0 Å². The second-order valence-electron chi connectivity index (χ2n) is 5.08. The van der Waals surface area contributed by atoms with Crippen LogP contribution in [0.1, 0.15) is 31.7 Å². The highest BCUT2D eigenvalue weighted by Crippen LogP contribution is 2.48. The smallest absolute Gasteiger partial charge is 0.288 e. The molecule has 1 N–H and O–H groups in total. The van der Waals surface area contributed by atoms with Gasteiger partial charge in [0.2, 0.25) is 0 Å². The first-order valence-corrected chi connectivity index (χ1v) is 6.54. The highest BCUT2D eigenvalue weighted by Gasteiger charge is 2.40. The quantitative estimate of drug-likeness (QED) is 0.644. The second kappa shape index (κ2) is 4.76. The van der Waals surface area contributed by atoms with Crippen molar-refractivity contribution in [2.24, 2.45) is 5.41 Å². The third kappa shape index (κ3) is 2.58. The van der Waals surface area contributed by atoms with E-state index in [-0.39, 0.29) is 10.7 Å². The summed E-state index contributed by atoms with van der Waals surface area (Å²) in [4.78, 5) is 10.3. The van der Waals surface area contributed by atoms with E-state index in [0.717, 1.165) is 17.8 Å². The maximum absolute atomic E-state index is 10.8. The topological polar surface area (TPSA) is 55.2 Å². The largest absolute Gasteiger partial charge is 0.384 e. The van der Waals surface area contributed by atoms with E-state index < -0.39 is 4.92 Å². The Morgan fingerprint density at radius 2 is 2.17 bits per heavy atom. The zero-order valence-electron chi connectivity index (χ0n) is 10.6. The molecule has 0 amide bonds. The molecular formula is C13H17ClN2O2. The van der Waals surface area contributed by atoms with Gasteiger partial charge in [0.05, 0.1) is 4.92 Å². The van der Waals surface area contributed by atoms with Crippen LogP contribution in [0.4, 0.5) is 11.4 Å². The van der Waals surface area contributed by atoms with Gasteiger partial charge in [-0.3, -0.25) is 10.1 Å². The fraction of sp³-hybridized carbons (Fsp3) is 0.538. The third-order valence-corrected chi connectivity index (χ3v) is 4.15. The molecule has 5 heteroatoms. The van der Waals surface area contributed by atoms with Crippen molar-refractivity contribution < 1.29 is 4.92 Å². The molecule has 1 aromatic carbocycles. The number of nitrogens with one attached hydrogen (secondary N) is 1. The number of rotatable bonds is 5. The van der Waals surface area contributed by atoms with Crippen LogP contribution in [0.2, 0.25) is 5.02 Å². The fourth-order valence-electron chi connectivity index (χ4n) is 2.11. The SMILES string of the molecule is CCC1(CNc2cc(Cl)c([N+](=O)[O-])cc2C)CC1. The average molecular weight is 269 g/mol. The number of nitro benzene ring substituents is 1. The van der Waals surface area contributed by atoms with E-state index in [1.54, 1.807) is 6.07 Å². The predicted octanol–water partition coefficient (Wildman–Crippen LogP) is 4.16. The predicted molar refractivity (Wildman–Crippen MR) is 73.3 cm³/mol. The number of hydrogen-bond donors (Lipinski definition) is 1. The van der Waals surface area contributed by atoms with Crippen molar-refractivity contribution >= 4 is 23.0 Å². The van der Waals surface area contributed by atoms with Crippen LogP contribution < -0.4 is 5.32 Å². The van der Waals surface area contributed by atoms with Gasteiger partial charge in [0, 0.05) is 18.3 Å². The molecule has 0 radical (unpaired) electrons. The second-order valence-corrected chi connectivity index (χ2v) is 5.49. The van der Waals surface area contributed by atoms with Gasteiger partial charge < -0.3 is 5.32 Å². The number of nitro groups is 1. The summed E-state index contributed by atoms with van der Waals surface area (Å²) in [6.07, 6.45) is 3.69. The van der Waals surface area contributed by atoms with E-state index in [0.29, 0.717) is 5.41 Å². The monoisotopic (exact) mass is 268 g/mol. The first kappa shape index (κ1) is 13.1. The zero-order valence-corrected chi connectivity index (χ0v) is 11.4. The Balaban J connectivity index is 2.14. The minimum Gasteiger partial charge on any atom is -0.384 e. The summed E-state index contributed by atoms with van der Waals surface area (Å²) in [5, 5.41) is 14.3. The van der Waals surface area contributed by atoms with Gasteiger partial charge in [0.25, 0.3) is 5.69 Å². The van der Waals surface area contributed by atoms with Crippen molar-refractivity contribution in [2.45, 2.75) is 33.1 Å². The molecule has 0 saturated heterocycles. The van der Waals surface area contributed by atoms with Crippen LogP contribution >= 0.6 is 11.6 Å². The number of aryl methyl sites for hydroxylation is 1. The van der Waals surface area contributed by atoms with Crippen LogP contribution in [-0.2, 0) is 0 Å². The van der Waals surface area contributed by atoms with Crippen molar-refractivity contribution in [3.05, 3.63) is 32.8 Å². The molecule has 98 valence electrons. The molecule has 0 aromatic heterocycles. The van der Waals surface area contributed by atoms with Gasteiger partial charge in [-0.15, -0.1) is 0 Å². The minimum atomic E-state index is -0.451. The van der Waals surface area contributed by atoms with E-state index in [2.05, 4.69) is 12.2 Å². The molecule has 1 aliphatic carbocycles. The molecule has 0 spiro atoms. The number of anilines is 1. The van der Waals surface area contributed by atoms with Crippen LogP contribution in [0.3, 0.4) is 0 Å². The average Bonchev–Trinajstić information content (AvgIpc) is 3.10. The van der Waals surface area contributed by atoms with E-state index in [1.165, 1.54) is 25.3 Å². The number of benzene rings is 1. The Kier molecular flexibility index (Phi) is 3.48. The maximum atomic E-state index is 10.8.